The zero-order valence-corrected chi connectivity index (χ0v) is 16.7. The molecule has 3 saturated heterocycles. The first-order valence-corrected chi connectivity index (χ1v) is 10.3. The third-order valence-corrected chi connectivity index (χ3v) is 5.94. The molecule has 0 aromatic heterocycles. The molecule has 3 heterocycles. The SMILES string of the molecule is CCOc1ccc(Cc2cc(B3OC4[C@H]5OC[C@@H](O5)C(O3)[C@@H]4O)ccc2Cl)cc1. The summed E-state index contributed by atoms with van der Waals surface area (Å²) >= 11 is 6.46. The zero-order chi connectivity index (χ0) is 20.0. The van der Waals surface area contributed by atoms with Gasteiger partial charge in [0.2, 0.25) is 0 Å². The highest BCUT2D eigenvalue weighted by Gasteiger charge is 2.57. The average molecular weight is 417 g/mol. The molecular formula is C21H22BClO6. The Morgan fingerprint density at radius 3 is 2.72 bits per heavy atom. The third kappa shape index (κ3) is 3.67. The summed E-state index contributed by atoms with van der Waals surface area (Å²) in [6.07, 6.45) is -1.93. The quantitative estimate of drug-likeness (QED) is 0.751. The van der Waals surface area contributed by atoms with Crippen LogP contribution in [-0.2, 0) is 25.2 Å². The summed E-state index contributed by atoms with van der Waals surface area (Å²) in [5, 5.41) is 11.1. The minimum absolute atomic E-state index is 0.270. The summed E-state index contributed by atoms with van der Waals surface area (Å²) in [5.41, 5.74) is 2.97. The summed E-state index contributed by atoms with van der Waals surface area (Å²) in [4.78, 5) is 0. The first-order valence-electron chi connectivity index (χ1n) is 9.88. The van der Waals surface area contributed by atoms with Gasteiger partial charge < -0.3 is 28.6 Å². The van der Waals surface area contributed by atoms with Crippen molar-refractivity contribution in [3.63, 3.8) is 0 Å². The first kappa shape index (κ1) is 19.4. The van der Waals surface area contributed by atoms with Gasteiger partial charge in [0.15, 0.2) is 6.29 Å². The van der Waals surface area contributed by atoms with Gasteiger partial charge in [-0.1, -0.05) is 35.9 Å². The Balaban J connectivity index is 1.36. The van der Waals surface area contributed by atoms with Gasteiger partial charge in [0, 0.05) is 5.02 Å². The molecule has 4 bridgehead atoms. The molecule has 2 aromatic carbocycles. The van der Waals surface area contributed by atoms with Crippen molar-refractivity contribution in [3.8, 4) is 5.75 Å². The van der Waals surface area contributed by atoms with E-state index in [9.17, 15) is 5.11 Å². The molecule has 0 radical (unpaired) electrons. The van der Waals surface area contributed by atoms with Gasteiger partial charge in [-0.05, 0) is 48.1 Å². The second kappa shape index (κ2) is 7.91. The number of aliphatic hydroxyl groups is 1. The Kier molecular flexibility index (Phi) is 5.28. The van der Waals surface area contributed by atoms with Crippen LogP contribution in [0.25, 0.3) is 0 Å². The minimum atomic E-state index is -0.756. The Morgan fingerprint density at radius 2 is 1.93 bits per heavy atom. The normalized spacial score (nSPS) is 30.4. The van der Waals surface area contributed by atoms with Crippen molar-refractivity contribution < 1.29 is 28.6 Å². The molecule has 0 saturated carbocycles. The maximum absolute atomic E-state index is 10.4. The number of halogens is 1. The van der Waals surface area contributed by atoms with E-state index in [2.05, 4.69) is 0 Å². The summed E-state index contributed by atoms with van der Waals surface area (Å²) in [7, 11) is -0.597. The smallest absolute Gasteiger partial charge is 0.494 e. The van der Waals surface area contributed by atoms with Crippen LogP contribution in [0.3, 0.4) is 0 Å². The van der Waals surface area contributed by atoms with Gasteiger partial charge in [-0.15, -0.1) is 0 Å². The van der Waals surface area contributed by atoms with Gasteiger partial charge in [-0.3, -0.25) is 0 Å². The van der Waals surface area contributed by atoms with Crippen LogP contribution in [0, 0.1) is 0 Å². The number of hydrogen-bond donors (Lipinski definition) is 1. The molecule has 0 spiro atoms. The standard InChI is InChI=1S/C21H22BClO6/c1-2-25-15-6-3-12(4-7-15)9-13-10-14(5-8-16(13)23)22-28-19-17-11-26-21(27-17)20(29-22)18(19)24/h3-8,10,17-21,24H,2,9,11H2,1H3/t17-,18+,19?,20?,21+/m1/s1. The Bertz CT molecular complexity index is 858. The van der Waals surface area contributed by atoms with Crippen molar-refractivity contribution in [2.45, 2.75) is 44.1 Å². The largest absolute Gasteiger partial charge is 0.494 e. The van der Waals surface area contributed by atoms with Crippen LogP contribution in [0.4, 0.5) is 0 Å². The van der Waals surface area contributed by atoms with Crippen molar-refractivity contribution in [2.24, 2.45) is 0 Å². The summed E-state index contributed by atoms with van der Waals surface area (Å²) in [5.74, 6) is 0.851. The van der Waals surface area contributed by atoms with Gasteiger partial charge in [0.1, 0.15) is 30.2 Å². The van der Waals surface area contributed by atoms with E-state index in [1.54, 1.807) is 0 Å². The van der Waals surface area contributed by atoms with Crippen LogP contribution in [0.5, 0.6) is 5.75 Å². The molecular weight excluding hydrogens is 394 g/mol. The second-order valence-corrected chi connectivity index (χ2v) is 7.91. The summed E-state index contributed by atoms with van der Waals surface area (Å²) in [6.45, 7) is 3.01. The topological polar surface area (TPSA) is 66.4 Å². The lowest BCUT2D eigenvalue weighted by Crippen LogP contribution is -2.65. The fourth-order valence-electron chi connectivity index (χ4n) is 4.11. The number of benzene rings is 2. The molecule has 8 heteroatoms. The van der Waals surface area contributed by atoms with E-state index in [1.807, 2.05) is 49.4 Å². The molecule has 3 fully saturated rings. The first-order chi connectivity index (χ1) is 14.1. The van der Waals surface area contributed by atoms with E-state index in [0.29, 0.717) is 24.7 Å². The molecule has 152 valence electrons. The Labute approximate surface area is 174 Å². The monoisotopic (exact) mass is 416 g/mol. The molecule has 2 unspecified atom stereocenters. The van der Waals surface area contributed by atoms with Crippen LogP contribution in [0.1, 0.15) is 18.1 Å². The van der Waals surface area contributed by atoms with Crippen LogP contribution in [0.2, 0.25) is 5.02 Å². The molecule has 5 atom stereocenters. The van der Waals surface area contributed by atoms with Crippen LogP contribution in [-0.4, -0.2) is 56.1 Å². The second-order valence-electron chi connectivity index (χ2n) is 7.50. The average Bonchev–Trinajstić information content (AvgIpc) is 3.18. The van der Waals surface area contributed by atoms with Gasteiger partial charge in [0.05, 0.1) is 13.2 Å². The molecule has 2 aromatic rings. The van der Waals surface area contributed by atoms with E-state index in [0.717, 1.165) is 22.3 Å². The van der Waals surface area contributed by atoms with Crippen molar-refractivity contribution in [2.75, 3.05) is 13.2 Å². The van der Waals surface area contributed by atoms with E-state index in [-0.39, 0.29) is 6.10 Å². The van der Waals surface area contributed by atoms with Crippen molar-refractivity contribution in [1.82, 2.24) is 0 Å². The fourth-order valence-corrected chi connectivity index (χ4v) is 4.29. The lowest BCUT2D eigenvalue weighted by atomic mass is 9.74. The fraction of sp³-hybridized carbons (Fsp3) is 0.429. The summed E-state index contributed by atoms with van der Waals surface area (Å²) in [6, 6.07) is 13.7. The Hall–Kier alpha value is -1.61. The van der Waals surface area contributed by atoms with Crippen LogP contribution < -0.4 is 10.2 Å². The van der Waals surface area contributed by atoms with E-state index in [4.69, 9.17) is 35.1 Å². The highest BCUT2D eigenvalue weighted by molar-refractivity contribution is 6.61. The molecule has 3 aliphatic heterocycles. The molecule has 1 N–H and O–H groups in total. The molecule has 0 aliphatic carbocycles. The Morgan fingerprint density at radius 1 is 1.14 bits per heavy atom. The van der Waals surface area contributed by atoms with Crippen molar-refractivity contribution >= 4 is 24.2 Å². The van der Waals surface area contributed by atoms with Gasteiger partial charge in [0.25, 0.3) is 0 Å². The maximum Gasteiger partial charge on any atom is 0.494 e. The molecule has 5 rings (SSSR count). The molecule has 3 aliphatic rings. The molecule has 6 nitrogen and oxygen atoms in total. The van der Waals surface area contributed by atoms with E-state index >= 15 is 0 Å². The van der Waals surface area contributed by atoms with Crippen LogP contribution >= 0.6 is 11.6 Å². The number of fused-ring (bicyclic) bond motifs is 6. The van der Waals surface area contributed by atoms with Crippen molar-refractivity contribution in [3.05, 3.63) is 58.6 Å². The lowest BCUT2D eigenvalue weighted by molar-refractivity contribution is -0.243. The predicted octanol–water partition coefficient (Wildman–Crippen LogP) is 1.92. The summed E-state index contributed by atoms with van der Waals surface area (Å²) < 4.78 is 28.8. The molecule has 0 amide bonds. The molecule has 29 heavy (non-hydrogen) atoms. The van der Waals surface area contributed by atoms with Gasteiger partial charge in [-0.2, -0.15) is 0 Å². The zero-order valence-electron chi connectivity index (χ0n) is 16.0. The minimum Gasteiger partial charge on any atom is -0.494 e. The van der Waals surface area contributed by atoms with Gasteiger partial charge >= 0.3 is 7.12 Å². The predicted molar refractivity (Wildman–Crippen MR) is 108 cm³/mol. The highest BCUT2D eigenvalue weighted by Crippen LogP contribution is 2.35. The highest BCUT2D eigenvalue weighted by atomic mass is 35.5. The lowest BCUT2D eigenvalue weighted by Gasteiger charge is -2.44. The number of aliphatic hydroxyl groups excluding tert-OH is 1. The number of hydrogen-bond acceptors (Lipinski definition) is 6. The van der Waals surface area contributed by atoms with Gasteiger partial charge in [-0.25, -0.2) is 0 Å². The van der Waals surface area contributed by atoms with E-state index < -0.39 is 31.7 Å². The van der Waals surface area contributed by atoms with Crippen LogP contribution in [0.15, 0.2) is 42.5 Å². The van der Waals surface area contributed by atoms with E-state index in [1.165, 1.54) is 0 Å². The number of rotatable bonds is 5. The third-order valence-electron chi connectivity index (χ3n) is 5.57. The van der Waals surface area contributed by atoms with Crippen molar-refractivity contribution in [1.29, 1.82) is 0 Å². The maximum atomic E-state index is 10.4. The number of ether oxygens (including phenoxy) is 3.